The number of nitrogens with two attached hydrogens (primary N) is 1. The fraction of sp³-hybridized carbons (Fsp3) is 0.538. The van der Waals surface area contributed by atoms with Crippen LogP contribution in [-0.4, -0.2) is 19.3 Å². The molecule has 6 heteroatoms. The lowest BCUT2D eigenvalue weighted by atomic mass is 9.96. The molecule has 106 valence electrons. The Labute approximate surface area is 115 Å². The van der Waals surface area contributed by atoms with Crippen LogP contribution in [0.25, 0.3) is 0 Å². The van der Waals surface area contributed by atoms with Gasteiger partial charge in [0.1, 0.15) is 0 Å². The number of anilines is 2. The number of piperidine rings is 1. The van der Waals surface area contributed by atoms with Crippen molar-refractivity contribution in [2.45, 2.75) is 25.9 Å². The first kappa shape index (κ1) is 14.3. The van der Waals surface area contributed by atoms with Crippen molar-refractivity contribution in [1.29, 1.82) is 0 Å². The molecule has 0 saturated carbocycles. The first-order valence-electron chi connectivity index (χ1n) is 6.16. The van der Waals surface area contributed by atoms with Crippen LogP contribution in [0.2, 0.25) is 5.02 Å². The summed E-state index contributed by atoms with van der Waals surface area (Å²) in [5, 5.41) is 0.384. The summed E-state index contributed by atoms with van der Waals surface area (Å²) < 4.78 is 38.4. The maximum absolute atomic E-state index is 12.8. The smallest absolute Gasteiger partial charge is 0.393 e. The van der Waals surface area contributed by atoms with Crippen LogP contribution in [-0.2, 0) is 0 Å². The predicted octanol–water partition coefficient (Wildman–Crippen LogP) is 4.01. The summed E-state index contributed by atoms with van der Waals surface area (Å²) in [4.78, 5) is 1.75. The van der Waals surface area contributed by atoms with Gasteiger partial charge in [0.15, 0.2) is 0 Å². The molecule has 2 N–H and O–H groups in total. The van der Waals surface area contributed by atoms with Crippen molar-refractivity contribution < 1.29 is 13.2 Å². The van der Waals surface area contributed by atoms with Crippen molar-refractivity contribution in [3.8, 4) is 0 Å². The molecule has 0 bridgehead atoms. The van der Waals surface area contributed by atoms with Gasteiger partial charge in [-0.25, -0.2) is 0 Å². The van der Waals surface area contributed by atoms with E-state index < -0.39 is 12.1 Å². The maximum atomic E-state index is 12.8. The van der Waals surface area contributed by atoms with Gasteiger partial charge < -0.3 is 10.6 Å². The molecule has 1 aliphatic heterocycles. The van der Waals surface area contributed by atoms with E-state index in [2.05, 4.69) is 0 Å². The van der Waals surface area contributed by atoms with Crippen LogP contribution in [0, 0.1) is 12.8 Å². The average molecular weight is 293 g/mol. The lowest BCUT2D eigenvalue weighted by molar-refractivity contribution is -0.175. The van der Waals surface area contributed by atoms with Crippen LogP contribution in [0.1, 0.15) is 18.4 Å². The van der Waals surface area contributed by atoms with E-state index in [1.165, 1.54) is 0 Å². The summed E-state index contributed by atoms with van der Waals surface area (Å²) in [5.74, 6) is -1.27. The zero-order chi connectivity index (χ0) is 14.2. The fourth-order valence-electron chi connectivity index (χ4n) is 2.50. The molecule has 1 saturated heterocycles. The van der Waals surface area contributed by atoms with Crippen LogP contribution in [0.5, 0.6) is 0 Å². The number of halogens is 4. The van der Waals surface area contributed by atoms with Crippen LogP contribution >= 0.6 is 11.6 Å². The second-order valence-electron chi connectivity index (χ2n) is 4.99. The van der Waals surface area contributed by atoms with Crippen LogP contribution < -0.4 is 10.6 Å². The van der Waals surface area contributed by atoms with E-state index >= 15 is 0 Å². The Morgan fingerprint density at radius 1 is 1.37 bits per heavy atom. The normalized spacial score (nSPS) is 20.7. The molecular weight excluding hydrogens is 277 g/mol. The van der Waals surface area contributed by atoms with Gasteiger partial charge in [-0.15, -0.1) is 0 Å². The number of rotatable bonds is 1. The van der Waals surface area contributed by atoms with Crippen molar-refractivity contribution in [2.75, 3.05) is 23.7 Å². The molecule has 1 aromatic carbocycles. The van der Waals surface area contributed by atoms with Gasteiger partial charge in [-0.05, 0) is 37.5 Å². The first-order chi connectivity index (χ1) is 8.79. The lowest BCUT2D eigenvalue weighted by Crippen LogP contribution is -2.42. The Balaban J connectivity index is 2.25. The van der Waals surface area contributed by atoms with E-state index in [4.69, 9.17) is 17.3 Å². The van der Waals surface area contributed by atoms with E-state index in [0.29, 0.717) is 23.7 Å². The molecule has 1 atom stereocenters. The molecule has 19 heavy (non-hydrogen) atoms. The molecule has 1 heterocycles. The number of hydrogen-bond acceptors (Lipinski definition) is 2. The van der Waals surface area contributed by atoms with E-state index in [0.717, 1.165) is 11.3 Å². The monoisotopic (exact) mass is 292 g/mol. The molecule has 1 aliphatic rings. The van der Waals surface area contributed by atoms with Gasteiger partial charge in [0.05, 0.1) is 16.6 Å². The fourth-order valence-corrected chi connectivity index (χ4v) is 2.66. The van der Waals surface area contributed by atoms with Gasteiger partial charge in [-0.2, -0.15) is 13.2 Å². The molecule has 2 rings (SSSR count). The number of alkyl halides is 3. The molecule has 0 aromatic heterocycles. The molecular formula is C13H16ClF3N2. The lowest BCUT2D eigenvalue weighted by Gasteiger charge is -2.36. The molecule has 1 fully saturated rings. The van der Waals surface area contributed by atoms with Gasteiger partial charge >= 0.3 is 6.18 Å². The second-order valence-corrected chi connectivity index (χ2v) is 5.39. The van der Waals surface area contributed by atoms with Crippen molar-refractivity contribution >= 4 is 23.0 Å². The number of nitrogens with zero attached hydrogens (tertiary/aromatic N) is 1. The third kappa shape index (κ3) is 3.08. The third-order valence-electron chi connectivity index (χ3n) is 3.54. The van der Waals surface area contributed by atoms with Gasteiger partial charge in [0, 0.05) is 18.8 Å². The topological polar surface area (TPSA) is 29.3 Å². The van der Waals surface area contributed by atoms with E-state index in [9.17, 15) is 13.2 Å². The standard InChI is InChI=1S/C13H16ClF3N2/c1-8-5-11(18)10(14)6-12(8)19-4-2-3-9(7-19)13(15,16)17/h5-6,9H,2-4,7,18H2,1H3. The van der Waals surface area contributed by atoms with Gasteiger partial charge in [-0.3, -0.25) is 0 Å². The highest BCUT2D eigenvalue weighted by atomic mass is 35.5. The average Bonchev–Trinajstić information content (AvgIpc) is 2.33. The Kier molecular flexibility index (Phi) is 3.85. The summed E-state index contributed by atoms with van der Waals surface area (Å²) in [6.07, 6.45) is -3.41. The highest BCUT2D eigenvalue weighted by molar-refractivity contribution is 6.33. The Morgan fingerprint density at radius 3 is 2.68 bits per heavy atom. The Hall–Kier alpha value is -1.10. The summed E-state index contributed by atoms with van der Waals surface area (Å²) in [6.45, 7) is 2.44. The second kappa shape index (κ2) is 5.12. The summed E-state index contributed by atoms with van der Waals surface area (Å²) >= 11 is 5.96. The number of aryl methyl sites for hydroxylation is 1. The number of hydrogen-bond donors (Lipinski definition) is 1. The minimum absolute atomic E-state index is 0.00934. The highest BCUT2D eigenvalue weighted by Crippen LogP contribution is 2.37. The summed E-state index contributed by atoms with van der Waals surface area (Å²) in [5.41, 5.74) is 7.73. The zero-order valence-corrected chi connectivity index (χ0v) is 11.4. The Morgan fingerprint density at radius 2 is 2.05 bits per heavy atom. The minimum atomic E-state index is -4.13. The molecule has 1 unspecified atom stereocenters. The molecule has 0 spiro atoms. The largest absolute Gasteiger partial charge is 0.398 e. The van der Waals surface area contributed by atoms with Crippen LogP contribution in [0.4, 0.5) is 24.5 Å². The summed E-state index contributed by atoms with van der Waals surface area (Å²) in [7, 11) is 0. The van der Waals surface area contributed by atoms with Crippen molar-refractivity contribution in [2.24, 2.45) is 5.92 Å². The number of benzene rings is 1. The van der Waals surface area contributed by atoms with Gasteiger partial charge in [0.25, 0.3) is 0 Å². The molecule has 1 aromatic rings. The molecule has 2 nitrogen and oxygen atoms in total. The molecule has 0 aliphatic carbocycles. The molecule has 0 radical (unpaired) electrons. The molecule has 0 amide bonds. The van der Waals surface area contributed by atoms with Crippen molar-refractivity contribution in [3.63, 3.8) is 0 Å². The van der Waals surface area contributed by atoms with E-state index in [1.54, 1.807) is 17.0 Å². The third-order valence-corrected chi connectivity index (χ3v) is 3.87. The highest BCUT2D eigenvalue weighted by Gasteiger charge is 2.42. The zero-order valence-electron chi connectivity index (χ0n) is 10.6. The van der Waals surface area contributed by atoms with Crippen molar-refractivity contribution in [1.82, 2.24) is 0 Å². The number of nitrogen functional groups attached to an aromatic ring is 1. The van der Waals surface area contributed by atoms with Crippen LogP contribution in [0.3, 0.4) is 0 Å². The minimum Gasteiger partial charge on any atom is -0.398 e. The Bertz CT molecular complexity index is 474. The van der Waals surface area contributed by atoms with Crippen LogP contribution in [0.15, 0.2) is 12.1 Å². The van der Waals surface area contributed by atoms with Gasteiger partial charge in [0.2, 0.25) is 0 Å². The summed E-state index contributed by atoms with van der Waals surface area (Å²) in [6, 6.07) is 3.36. The SMILES string of the molecule is Cc1cc(N)c(Cl)cc1N1CCCC(C(F)(F)F)C1. The first-order valence-corrected chi connectivity index (χ1v) is 6.54. The quantitative estimate of drug-likeness (QED) is 0.793. The van der Waals surface area contributed by atoms with Crippen molar-refractivity contribution in [3.05, 3.63) is 22.7 Å². The van der Waals surface area contributed by atoms with Gasteiger partial charge in [-0.1, -0.05) is 11.6 Å². The predicted molar refractivity (Wildman–Crippen MR) is 71.6 cm³/mol. The van der Waals surface area contributed by atoms with E-state index in [-0.39, 0.29) is 13.0 Å². The van der Waals surface area contributed by atoms with E-state index in [1.807, 2.05) is 6.92 Å². The maximum Gasteiger partial charge on any atom is 0.393 e.